The maximum atomic E-state index is 6.01. The highest BCUT2D eigenvalue weighted by molar-refractivity contribution is 9.10. The lowest BCUT2D eigenvalue weighted by Crippen LogP contribution is -2.69. The monoisotopic (exact) mass is 351 g/mol. The van der Waals surface area contributed by atoms with Crippen LogP contribution in [0.2, 0.25) is 0 Å². The molecule has 3 rings (SSSR count). The van der Waals surface area contributed by atoms with Crippen molar-refractivity contribution in [3.05, 3.63) is 34.3 Å². The standard InChI is InChI=1S/C18H26BrNO/c1-4-15(12-7-9-13(19)10-8-12)20-16-14-6-5-11-21-17(14)18(16,2)3/h7-10,14-17,20H,4-6,11H2,1-3H3. The molecule has 0 aromatic heterocycles. The molecule has 3 heteroatoms. The number of halogens is 1. The molecule has 1 saturated heterocycles. The van der Waals surface area contributed by atoms with Crippen LogP contribution in [0.1, 0.15) is 51.6 Å². The average Bonchev–Trinajstić information content (AvgIpc) is 2.49. The minimum atomic E-state index is 0.244. The van der Waals surface area contributed by atoms with Crippen LogP contribution >= 0.6 is 15.9 Å². The van der Waals surface area contributed by atoms with E-state index in [1.165, 1.54) is 18.4 Å². The Bertz CT molecular complexity index is 484. The lowest BCUT2D eigenvalue weighted by Gasteiger charge is -2.61. The van der Waals surface area contributed by atoms with Gasteiger partial charge in [0.25, 0.3) is 0 Å². The Labute approximate surface area is 136 Å². The quantitative estimate of drug-likeness (QED) is 0.849. The molecule has 1 N–H and O–H groups in total. The maximum absolute atomic E-state index is 6.01. The zero-order valence-electron chi connectivity index (χ0n) is 13.2. The summed E-state index contributed by atoms with van der Waals surface area (Å²) in [5, 5.41) is 3.93. The first-order valence-corrected chi connectivity index (χ1v) is 8.96. The molecule has 0 bridgehead atoms. The molecule has 116 valence electrons. The number of hydrogen-bond donors (Lipinski definition) is 1. The van der Waals surface area contributed by atoms with E-state index >= 15 is 0 Å². The first-order chi connectivity index (χ1) is 10.0. The lowest BCUT2D eigenvalue weighted by atomic mass is 9.55. The Balaban J connectivity index is 1.73. The zero-order chi connectivity index (χ0) is 15.0. The van der Waals surface area contributed by atoms with Crippen LogP contribution in [0, 0.1) is 11.3 Å². The smallest absolute Gasteiger partial charge is 0.0684 e. The Morgan fingerprint density at radius 3 is 2.71 bits per heavy atom. The molecule has 1 heterocycles. The molecule has 2 fully saturated rings. The van der Waals surface area contributed by atoms with Gasteiger partial charge in [0, 0.05) is 34.5 Å². The van der Waals surface area contributed by atoms with Crippen LogP contribution in [0.4, 0.5) is 0 Å². The third-order valence-corrected chi connectivity index (χ3v) is 5.92. The highest BCUT2D eigenvalue weighted by atomic mass is 79.9. The first kappa shape index (κ1) is 15.5. The van der Waals surface area contributed by atoms with Gasteiger partial charge in [-0.1, -0.05) is 48.8 Å². The summed E-state index contributed by atoms with van der Waals surface area (Å²) in [6, 6.07) is 9.73. The van der Waals surface area contributed by atoms with Crippen LogP contribution in [0.5, 0.6) is 0 Å². The molecule has 4 atom stereocenters. The summed E-state index contributed by atoms with van der Waals surface area (Å²) >= 11 is 3.52. The van der Waals surface area contributed by atoms with E-state index in [9.17, 15) is 0 Å². The molecule has 0 amide bonds. The second kappa shape index (κ2) is 6.02. The van der Waals surface area contributed by atoms with Crippen LogP contribution in [0.3, 0.4) is 0 Å². The number of benzene rings is 1. The van der Waals surface area contributed by atoms with Crippen molar-refractivity contribution in [2.24, 2.45) is 11.3 Å². The predicted octanol–water partition coefficient (Wildman–Crippen LogP) is 4.69. The third kappa shape index (κ3) is 2.80. The van der Waals surface area contributed by atoms with Crippen molar-refractivity contribution < 1.29 is 4.74 Å². The summed E-state index contributed by atoms with van der Waals surface area (Å²) in [5.74, 6) is 0.693. The van der Waals surface area contributed by atoms with E-state index in [0.29, 0.717) is 24.1 Å². The van der Waals surface area contributed by atoms with E-state index in [-0.39, 0.29) is 5.41 Å². The van der Waals surface area contributed by atoms with E-state index in [2.05, 4.69) is 66.3 Å². The number of ether oxygens (including phenoxy) is 1. The van der Waals surface area contributed by atoms with E-state index in [4.69, 9.17) is 4.74 Å². The van der Waals surface area contributed by atoms with Gasteiger partial charge in [-0.15, -0.1) is 0 Å². The zero-order valence-corrected chi connectivity index (χ0v) is 14.8. The van der Waals surface area contributed by atoms with E-state index in [1.807, 2.05) is 0 Å². The van der Waals surface area contributed by atoms with E-state index in [0.717, 1.165) is 17.5 Å². The molecule has 1 aliphatic heterocycles. The van der Waals surface area contributed by atoms with Crippen molar-refractivity contribution in [1.29, 1.82) is 0 Å². The second-order valence-corrected chi connectivity index (χ2v) is 7.99. The topological polar surface area (TPSA) is 21.3 Å². The van der Waals surface area contributed by atoms with Crippen LogP contribution in [-0.2, 0) is 4.74 Å². The van der Waals surface area contributed by atoms with E-state index < -0.39 is 0 Å². The Kier molecular flexibility index (Phi) is 4.45. The SMILES string of the molecule is CCC(NC1C2CCCOC2C1(C)C)c1ccc(Br)cc1. The molecule has 4 unspecified atom stereocenters. The van der Waals surface area contributed by atoms with Crippen molar-refractivity contribution in [2.75, 3.05) is 6.61 Å². The number of rotatable bonds is 4. The van der Waals surface area contributed by atoms with Gasteiger partial charge in [0.15, 0.2) is 0 Å². The first-order valence-electron chi connectivity index (χ1n) is 8.17. The number of nitrogens with one attached hydrogen (secondary N) is 1. The molecular formula is C18H26BrNO. The van der Waals surface area contributed by atoms with Crippen LogP contribution in [0.25, 0.3) is 0 Å². The summed E-state index contributed by atoms with van der Waals surface area (Å²) in [7, 11) is 0. The molecule has 0 radical (unpaired) electrons. The van der Waals surface area contributed by atoms with Crippen molar-refractivity contribution in [3.8, 4) is 0 Å². The van der Waals surface area contributed by atoms with Crippen LogP contribution < -0.4 is 5.32 Å². The molecule has 1 aliphatic carbocycles. The summed E-state index contributed by atoms with van der Waals surface area (Å²) < 4.78 is 7.16. The van der Waals surface area contributed by atoms with Crippen molar-refractivity contribution in [2.45, 2.75) is 58.2 Å². The minimum absolute atomic E-state index is 0.244. The Morgan fingerprint density at radius 2 is 2.05 bits per heavy atom. The highest BCUT2D eigenvalue weighted by Crippen LogP contribution is 2.52. The molecule has 2 aliphatic rings. The molecule has 1 aromatic rings. The predicted molar refractivity (Wildman–Crippen MR) is 90.3 cm³/mol. The fourth-order valence-electron chi connectivity index (χ4n) is 4.22. The van der Waals surface area contributed by atoms with Gasteiger partial charge in [-0.2, -0.15) is 0 Å². The minimum Gasteiger partial charge on any atom is -0.377 e. The number of hydrogen-bond acceptors (Lipinski definition) is 2. The van der Waals surface area contributed by atoms with E-state index in [1.54, 1.807) is 0 Å². The second-order valence-electron chi connectivity index (χ2n) is 7.08. The van der Waals surface area contributed by atoms with Crippen molar-refractivity contribution in [3.63, 3.8) is 0 Å². The molecule has 2 nitrogen and oxygen atoms in total. The van der Waals surface area contributed by atoms with Gasteiger partial charge < -0.3 is 10.1 Å². The molecule has 21 heavy (non-hydrogen) atoms. The summed E-state index contributed by atoms with van der Waals surface area (Å²) in [5.41, 5.74) is 1.63. The van der Waals surface area contributed by atoms with Gasteiger partial charge in [0.2, 0.25) is 0 Å². The van der Waals surface area contributed by atoms with Gasteiger partial charge >= 0.3 is 0 Å². The molecule has 0 spiro atoms. The average molecular weight is 352 g/mol. The van der Waals surface area contributed by atoms with Crippen LogP contribution in [-0.4, -0.2) is 18.8 Å². The van der Waals surface area contributed by atoms with Gasteiger partial charge in [-0.05, 0) is 37.0 Å². The summed E-state index contributed by atoms with van der Waals surface area (Å²) in [6.45, 7) is 7.92. The summed E-state index contributed by atoms with van der Waals surface area (Å²) in [6.07, 6.45) is 4.09. The number of fused-ring (bicyclic) bond motifs is 1. The third-order valence-electron chi connectivity index (χ3n) is 5.39. The Morgan fingerprint density at radius 1 is 1.33 bits per heavy atom. The Hall–Kier alpha value is -0.380. The largest absolute Gasteiger partial charge is 0.377 e. The lowest BCUT2D eigenvalue weighted by molar-refractivity contribution is -0.194. The fraction of sp³-hybridized carbons (Fsp3) is 0.667. The van der Waals surface area contributed by atoms with Crippen LogP contribution in [0.15, 0.2) is 28.7 Å². The van der Waals surface area contributed by atoms with Crippen molar-refractivity contribution >= 4 is 15.9 Å². The highest BCUT2D eigenvalue weighted by Gasteiger charge is 2.57. The molecule has 1 aromatic carbocycles. The molecule has 1 saturated carbocycles. The maximum Gasteiger partial charge on any atom is 0.0684 e. The normalized spacial score (nSPS) is 32.1. The van der Waals surface area contributed by atoms with Gasteiger partial charge in [0.05, 0.1) is 6.10 Å². The van der Waals surface area contributed by atoms with Gasteiger partial charge in [-0.25, -0.2) is 0 Å². The van der Waals surface area contributed by atoms with Gasteiger partial charge in [-0.3, -0.25) is 0 Å². The molecular weight excluding hydrogens is 326 g/mol. The summed E-state index contributed by atoms with van der Waals surface area (Å²) in [4.78, 5) is 0. The van der Waals surface area contributed by atoms with Crippen molar-refractivity contribution in [1.82, 2.24) is 5.32 Å². The van der Waals surface area contributed by atoms with Gasteiger partial charge in [0.1, 0.15) is 0 Å². The fourth-order valence-corrected chi connectivity index (χ4v) is 4.49.